The number of allylic oxidation sites excluding steroid dienone is 1. The average molecular weight is 446 g/mol. The quantitative estimate of drug-likeness (QED) is 0.495. The lowest BCUT2D eigenvalue weighted by atomic mass is 9.87. The molecule has 0 saturated carbocycles. The van der Waals surface area contributed by atoms with Crippen LogP contribution in [0.15, 0.2) is 58.4 Å². The van der Waals surface area contributed by atoms with E-state index in [2.05, 4.69) is 64.8 Å². The molecule has 2 aromatic carbocycles. The zero-order valence-corrected chi connectivity index (χ0v) is 20.6. The Morgan fingerprint density at radius 2 is 1.84 bits per heavy atom. The minimum absolute atomic E-state index is 0.0236. The lowest BCUT2D eigenvalue weighted by Crippen LogP contribution is -2.42. The minimum atomic E-state index is -0.0236. The molecule has 1 amide bonds. The molecule has 2 aliphatic rings. The lowest BCUT2D eigenvalue weighted by Gasteiger charge is -2.41. The van der Waals surface area contributed by atoms with Crippen molar-refractivity contribution < 1.29 is 4.79 Å². The number of likely N-dealkylation sites (N-methyl/N-ethyl adjacent to an activating group) is 1. The monoisotopic (exact) mass is 445 g/mol. The highest BCUT2D eigenvalue weighted by Crippen LogP contribution is 2.41. The Morgan fingerprint density at radius 3 is 2.53 bits per heavy atom. The predicted molar refractivity (Wildman–Crippen MR) is 138 cm³/mol. The van der Waals surface area contributed by atoms with Crippen molar-refractivity contribution in [3.63, 3.8) is 0 Å². The van der Waals surface area contributed by atoms with E-state index in [0.717, 1.165) is 33.3 Å². The van der Waals surface area contributed by atoms with Crippen molar-refractivity contribution in [2.75, 3.05) is 18.5 Å². The number of benzene rings is 2. The Hall–Kier alpha value is -2.79. The number of rotatable bonds is 4. The zero-order chi connectivity index (χ0) is 23.0. The maximum Gasteiger partial charge on any atom is 0.266 e. The first-order valence-corrected chi connectivity index (χ1v) is 12.0. The van der Waals surface area contributed by atoms with Crippen molar-refractivity contribution >= 4 is 45.9 Å². The van der Waals surface area contributed by atoms with E-state index in [1.54, 1.807) is 4.90 Å². The number of para-hydroxylation sites is 1. The molecule has 5 heteroatoms. The van der Waals surface area contributed by atoms with Gasteiger partial charge in [-0.1, -0.05) is 31.2 Å². The molecular formula is C27H31N3OS. The van der Waals surface area contributed by atoms with Crippen molar-refractivity contribution in [3.05, 3.63) is 70.1 Å². The van der Waals surface area contributed by atoms with Gasteiger partial charge in [0.2, 0.25) is 0 Å². The smallest absolute Gasteiger partial charge is 0.266 e. The van der Waals surface area contributed by atoms with E-state index in [-0.39, 0.29) is 11.4 Å². The van der Waals surface area contributed by atoms with Crippen LogP contribution in [0.4, 0.5) is 11.4 Å². The molecule has 4 nitrogen and oxygen atoms in total. The molecule has 0 aliphatic carbocycles. The molecule has 0 bridgehead atoms. The summed E-state index contributed by atoms with van der Waals surface area (Å²) in [5.41, 5.74) is 6.82. The fourth-order valence-electron chi connectivity index (χ4n) is 4.24. The maximum absolute atomic E-state index is 13.2. The first-order chi connectivity index (χ1) is 15.2. The van der Waals surface area contributed by atoms with E-state index in [4.69, 9.17) is 4.99 Å². The van der Waals surface area contributed by atoms with Crippen molar-refractivity contribution in [3.8, 4) is 0 Å². The Bertz CT molecular complexity index is 1140. The van der Waals surface area contributed by atoms with Crippen LogP contribution >= 0.6 is 11.8 Å². The standard InChI is InChI=1S/C27H31N3OS/c1-7-13-30-25(31)24(32-26(30)28-21-11-9-8-10-12-21)16-20-15-22-19(3)17-27(4,5)29(6)23(22)14-18(20)2/h8-12,14-17H,7,13H2,1-6H3/b24-16-,28-26?. The van der Waals surface area contributed by atoms with Gasteiger partial charge in [-0.05, 0) is 92.9 Å². The van der Waals surface area contributed by atoms with E-state index in [0.29, 0.717) is 6.54 Å². The van der Waals surface area contributed by atoms with Gasteiger partial charge >= 0.3 is 0 Å². The highest BCUT2D eigenvalue weighted by atomic mass is 32.2. The van der Waals surface area contributed by atoms with Crippen LogP contribution in [0.1, 0.15) is 50.8 Å². The van der Waals surface area contributed by atoms with Crippen LogP contribution in [0.3, 0.4) is 0 Å². The van der Waals surface area contributed by atoms with Gasteiger partial charge in [-0.15, -0.1) is 0 Å². The van der Waals surface area contributed by atoms with Crippen LogP contribution in [0.5, 0.6) is 0 Å². The van der Waals surface area contributed by atoms with E-state index in [1.165, 1.54) is 28.6 Å². The van der Waals surface area contributed by atoms with Gasteiger partial charge in [0.1, 0.15) is 0 Å². The number of nitrogens with zero attached hydrogens (tertiary/aromatic N) is 3. The SMILES string of the molecule is CCCN1C(=O)/C(=C/c2cc3c(cc2C)N(C)C(C)(C)C=C3C)SC1=Nc1ccccc1. The summed E-state index contributed by atoms with van der Waals surface area (Å²) < 4.78 is 0. The van der Waals surface area contributed by atoms with Crippen LogP contribution in [0.25, 0.3) is 11.6 Å². The second-order valence-electron chi connectivity index (χ2n) is 9.06. The molecule has 0 N–H and O–H groups in total. The number of aryl methyl sites for hydroxylation is 1. The third-order valence-corrected chi connectivity index (χ3v) is 7.21. The molecule has 2 heterocycles. The molecule has 2 aliphatic heterocycles. The molecule has 0 atom stereocenters. The van der Waals surface area contributed by atoms with Crippen molar-refractivity contribution in [1.29, 1.82) is 0 Å². The van der Waals surface area contributed by atoms with Gasteiger partial charge in [0, 0.05) is 24.8 Å². The second kappa shape index (κ2) is 8.62. The molecule has 0 unspecified atom stereocenters. The summed E-state index contributed by atoms with van der Waals surface area (Å²) in [6.45, 7) is 11.5. The fourth-order valence-corrected chi connectivity index (χ4v) is 5.26. The number of fused-ring (bicyclic) bond motifs is 1. The summed E-state index contributed by atoms with van der Waals surface area (Å²) in [5.74, 6) is 0.0363. The number of carbonyl (C=O) groups is 1. The van der Waals surface area contributed by atoms with Gasteiger partial charge in [-0.3, -0.25) is 9.69 Å². The molecule has 1 fully saturated rings. The van der Waals surface area contributed by atoms with Crippen molar-refractivity contribution in [2.45, 2.75) is 46.6 Å². The van der Waals surface area contributed by atoms with E-state index in [9.17, 15) is 4.79 Å². The summed E-state index contributed by atoms with van der Waals surface area (Å²) >= 11 is 1.47. The molecule has 2 aromatic rings. The first-order valence-electron chi connectivity index (χ1n) is 11.1. The average Bonchev–Trinajstić information content (AvgIpc) is 3.03. The molecule has 0 radical (unpaired) electrons. The normalized spacial score (nSPS) is 20.2. The molecular weight excluding hydrogens is 414 g/mol. The highest BCUT2D eigenvalue weighted by Gasteiger charge is 2.33. The highest BCUT2D eigenvalue weighted by molar-refractivity contribution is 8.18. The van der Waals surface area contributed by atoms with Gasteiger partial charge < -0.3 is 4.90 Å². The largest absolute Gasteiger partial charge is 0.365 e. The third-order valence-electron chi connectivity index (χ3n) is 6.21. The summed E-state index contributed by atoms with van der Waals surface area (Å²) in [6, 6.07) is 14.3. The van der Waals surface area contributed by atoms with Crippen LogP contribution in [-0.2, 0) is 4.79 Å². The summed E-state index contributed by atoms with van der Waals surface area (Å²) in [6.07, 6.45) is 5.23. The molecule has 0 spiro atoms. The fraction of sp³-hybridized carbons (Fsp3) is 0.333. The number of thioether (sulfide) groups is 1. The number of hydrogen-bond donors (Lipinski definition) is 0. The zero-order valence-electron chi connectivity index (χ0n) is 19.8. The van der Waals surface area contributed by atoms with Gasteiger partial charge in [0.05, 0.1) is 16.1 Å². The summed E-state index contributed by atoms with van der Waals surface area (Å²) in [4.78, 5) is 22.8. The van der Waals surface area contributed by atoms with Crippen LogP contribution < -0.4 is 4.90 Å². The summed E-state index contributed by atoms with van der Waals surface area (Å²) in [7, 11) is 2.14. The van der Waals surface area contributed by atoms with E-state index >= 15 is 0 Å². The Balaban J connectivity index is 1.73. The van der Waals surface area contributed by atoms with Crippen LogP contribution in [0.2, 0.25) is 0 Å². The van der Waals surface area contributed by atoms with Gasteiger partial charge in [0.25, 0.3) is 5.91 Å². The number of anilines is 1. The Labute approximate surface area is 195 Å². The van der Waals surface area contributed by atoms with Crippen molar-refractivity contribution in [2.24, 2.45) is 4.99 Å². The van der Waals surface area contributed by atoms with Gasteiger partial charge in [0.15, 0.2) is 5.17 Å². The molecule has 0 aromatic heterocycles. The molecule has 166 valence electrons. The Kier molecular flexibility index (Phi) is 6.04. The minimum Gasteiger partial charge on any atom is -0.365 e. The van der Waals surface area contributed by atoms with Crippen molar-refractivity contribution in [1.82, 2.24) is 4.90 Å². The van der Waals surface area contributed by atoms with Gasteiger partial charge in [-0.2, -0.15) is 0 Å². The second-order valence-corrected chi connectivity index (χ2v) is 10.1. The topological polar surface area (TPSA) is 35.9 Å². The number of aliphatic imine (C=N–C) groups is 1. The lowest BCUT2D eigenvalue weighted by molar-refractivity contribution is -0.122. The van der Waals surface area contributed by atoms with E-state index in [1.807, 2.05) is 36.4 Å². The molecule has 32 heavy (non-hydrogen) atoms. The molecule has 1 saturated heterocycles. The number of amidine groups is 1. The van der Waals surface area contributed by atoms with Crippen LogP contribution in [0, 0.1) is 6.92 Å². The number of hydrogen-bond acceptors (Lipinski definition) is 4. The molecule has 4 rings (SSSR count). The predicted octanol–water partition coefficient (Wildman–Crippen LogP) is 6.64. The number of carbonyl (C=O) groups excluding carboxylic acids is 1. The maximum atomic E-state index is 13.2. The first kappa shape index (κ1) is 22.4. The third kappa shape index (κ3) is 4.14. The van der Waals surface area contributed by atoms with Crippen LogP contribution in [-0.4, -0.2) is 35.1 Å². The number of amides is 1. The Morgan fingerprint density at radius 1 is 1.12 bits per heavy atom. The summed E-state index contributed by atoms with van der Waals surface area (Å²) in [5, 5.41) is 0.752. The van der Waals surface area contributed by atoms with E-state index < -0.39 is 0 Å². The van der Waals surface area contributed by atoms with Gasteiger partial charge in [-0.25, -0.2) is 4.99 Å².